The second kappa shape index (κ2) is 8.84. The zero-order valence-electron chi connectivity index (χ0n) is 14.7. The van der Waals surface area contributed by atoms with E-state index in [1.54, 1.807) is 0 Å². The number of amides is 1. The van der Waals surface area contributed by atoms with Crippen LogP contribution in [-0.4, -0.2) is 32.6 Å². The van der Waals surface area contributed by atoms with Crippen molar-refractivity contribution in [1.29, 1.82) is 0 Å². The Bertz CT molecular complexity index is 1020. The fourth-order valence-corrected chi connectivity index (χ4v) is 3.00. The van der Waals surface area contributed by atoms with Crippen molar-refractivity contribution in [2.45, 2.75) is 6.42 Å². The van der Waals surface area contributed by atoms with Crippen molar-refractivity contribution in [3.05, 3.63) is 79.3 Å². The fourth-order valence-electron chi connectivity index (χ4n) is 2.28. The molecule has 0 spiro atoms. The summed E-state index contributed by atoms with van der Waals surface area (Å²) in [5.41, 5.74) is -1.34. The van der Waals surface area contributed by atoms with Crippen LogP contribution in [0.1, 0.15) is 15.4 Å². The van der Waals surface area contributed by atoms with Crippen molar-refractivity contribution >= 4 is 33.8 Å². The van der Waals surface area contributed by atoms with Crippen LogP contribution < -0.4 is 10.1 Å². The van der Waals surface area contributed by atoms with Gasteiger partial charge in [-0.15, -0.1) is 10.2 Å². The van der Waals surface area contributed by atoms with Gasteiger partial charge in [-0.1, -0.05) is 29.5 Å². The highest BCUT2D eigenvalue weighted by atomic mass is 32.1. The normalized spacial score (nSPS) is 10.3. The van der Waals surface area contributed by atoms with Gasteiger partial charge in [0.2, 0.25) is 5.13 Å². The third-order valence-corrected chi connectivity index (χ3v) is 4.50. The van der Waals surface area contributed by atoms with Crippen molar-refractivity contribution < 1.29 is 19.4 Å². The molecule has 0 radical (unpaired) electrons. The molecule has 1 aromatic heterocycles. The van der Waals surface area contributed by atoms with E-state index in [2.05, 4.69) is 15.5 Å². The number of carbonyl (C=O) groups excluding carboxylic acids is 1. The number of carbonyl (C=O) groups is 1. The standard InChI is InChI=1S/C17H13N5O6S/c23-16(11-8-12(21(24)25)10-13(9-11)22(26)27)18-17-20-19-15(29-17)6-7-28-14-4-2-1-3-5-14/h1-5,8-10H,6-7H2,(H,18,20,23). The van der Waals surface area contributed by atoms with Gasteiger partial charge < -0.3 is 4.74 Å². The highest BCUT2D eigenvalue weighted by Gasteiger charge is 2.20. The van der Waals surface area contributed by atoms with Gasteiger partial charge in [-0.05, 0) is 12.1 Å². The molecule has 1 heterocycles. The molecule has 1 amide bonds. The number of rotatable bonds is 8. The number of benzene rings is 2. The Labute approximate surface area is 167 Å². The first-order chi connectivity index (χ1) is 13.9. The largest absolute Gasteiger partial charge is 0.493 e. The van der Waals surface area contributed by atoms with Crippen LogP contribution in [-0.2, 0) is 6.42 Å². The first-order valence-electron chi connectivity index (χ1n) is 8.18. The van der Waals surface area contributed by atoms with E-state index in [0.29, 0.717) is 18.0 Å². The minimum atomic E-state index is -0.806. The number of nitrogens with zero attached hydrogens (tertiary/aromatic N) is 4. The van der Waals surface area contributed by atoms with E-state index < -0.39 is 27.1 Å². The highest BCUT2D eigenvalue weighted by Crippen LogP contribution is 2.24. The second-order valence-electron chi connectivity index (χ2n) is 5.62. The van der Waals surface area contributed by atoms with Gasteiger partial charge in [0, 0.05) is 18.6 Å². The minimum absolute atomic E-state index is 0.166. The van der Waals surface area contributed by atoms with E-state index in [-0.39, 0.29) is 10.7 Å². The Morgan fingerprint density at radius 1 is 1.03 bits per heavy atom. The summed E-state index contributed by atoms with van der Waals surface area (Å²) in [7, 11) is 0. The summed E-state index contributed by atoms with van der Waals surface area (Å²) in [5.74, 6) is -0.0437. The molecule has 0 fully saturated rings. The van der Waals surface area contributed by atoms with Crippen LogP contribution in [0.2, 0.25) is 0 Å². The Balaban J connectivity index is 1.64. The Kier molecular flexibility index (Phi) is 6.04. The van der Waals surface area contributed by atoms with E-state index in [1.165, 1.54) is 0 Å². The lowest BCUT2D eigenvalue weighted by Gasteiger charge is -2.03. The molecule has 0 atom stereocenters. The molecule has 0 bridgehead atoms. The predicted molar refractivity (Wildman–Crippen MR) is 103 cm³/mol. The van der Waals surface area contributed by atoms with Crippen molar-refractivity contribution in [2.24, 2.45) is 0 Å². The average molecular weight is 415 g/mol. The maximum Gasteiger partial charge on any atom is 0.277 e. The topological polar surface area (TPSA) is 150 Å². The molecule has 0 saturated carbocycles. The van der Waals surface area contributed by atoms with Gasteiger partial charge in [-0.2, -0.15) is 0 Å². The molecule has 0 aliphatic heterocycles. The van der Waals surface area contributed by atoms with Gasteiger partial charge >= 0.3 is 0 Å². The molecule has 29 heavy (non-hydrogen) atoms. The molecule has 0 aliphatic rings. The van der Waals surface area contributed by atoms with Crippen LogP contribution in [0.3, 0.4) is 0 Å². The number of nitrogens with one attached hydrogen (secondary N) is 1. The van der Waals surface area contributed by atoms with Crippen molar-refractivity contribution in [1.82, 2.24) is 10.2 Å². The molecule has 12 heteroatoms. The van der Waals surface area contributed by atoms with Crippen molar-refractivity contribution in [2.75, 3.05) is 11.9 Å². The lowest BCUT2D eigenvalue weighted by Crippen LogP contribution is -2.12. The number of nitro benzene ring substituents is 2. The number of hydrogen-bond acceptors (Lipinski definition) is 9. The maximum absolute atomic E-state index is 12.3. The number of aromatic nitrogens is 2. The van der Waals surface area contributed by atoms with Gasteiger partial charge in [-0.3, -0.25) is 30.3 Å². The van der Waals surface area contributed by atoms with Gasteiger partial charge in [0.1, 0.15) is 10.8 Å². The van der Waals surface area contributed by atoms with Crippen LogP contribution in [0.5, 0.6) is 5.75 Å². The van der Waals surface area contributed by atoms with Gasteiger partial charge in [-0.25, -0.2) is 0 Å². The Hall–Kier alpha value is -3.93. The number of non-ortho nitro benzene ring substituents is 2. The van der Waals surface area contributed by atoms with Crippen LogP contribution >= 0.6 is 11.3 Å². The second-order valence-corrected chi connectivity index (χ2v) is 6.68. The molecule has 3 aromatic rings. The Morgan fingerprint density at radius 2 is 1.69 bits per heavy atom. The minimum Gasteiger partial charge on any atom is -0.493 e. The highest BCUT2D eigenvalue weighted by molar-refractivity contribution is 7.15. The van der Waals surface area contributed by atoms with Crippen molar-refractivity contribution in [3.63, 3.8) is 0 Å². The summed E-state index contributed by atoms with van der Waals surface area (Å²) in [6.07, 6.45) is 0.463. The fraction of sp³-hybridized carbons (Fsp3) is 0.118. The third kappa shape index (κ3) is 5.29. The number of nitro groups is 2. The third-order valence-electron chi connectivity index (χ3n) is 3.60. The number of hydrogen-bond donors (Lipinski definition) is 1. The first kappa shape index (κ1) is 19.8. The molecule has 0 saturated heterocycles. The molecule has 1 N–H and O–H groups in total. The molecule has 2 aromatic carbocycles. The van der Waals surface area contributed by atoms with E-state index in [1.807, 2.05) is 30.3 Å². The summed E-state index contributed by atoms with van der Waals surface area (Å²) >= 11 is 1.11. The van der Waals surface area contributed by atoms with E-state index in [0.717, 1.165) is 35.3 Å². The Morgan fingerprint density at radius 3 is 2.31 bits per heavy atom. The zero-order valence-corrected chi connectivity index (χ0v) is 15.5. The molecule has 0 unspecified atom stereocenters. The monoisotopic (exact) mass is 415 g/mol. The van der Waals surface area contributed by atoms with E-state index in [4.69, 9.17) is 4.74 Å². The number of para-hydroxylation sites is 1. The lowest BCUT2D eigenvalue weighted by molar-refractivity contribution is -0.394. The van der Waals surface area contributed by atoms with Crippen LogP contribution in [0.15, 0.2) is 48.5 Å². The SMILES string of the molecule is O=C(Nc1nnc(CCOc2ccccc2)s1)c1cc([N+](=O)[O-])cc([N+](=O)[O-])c1. The van der Waals surface area contributed by atoms with Gasteiger partial charge in [0.25, 0.3) is 17.3 Å². The molecule has 3 rings (SSSR count). The predicted octanol–water partition coefficient (Wildman–Crippen LogP) is 3.23. The van der Waals surface area contributed by atoms with Crippen LogP contribution in [0.25, 0.3) is 0 Å². The summed E-state index contributed by atoms with van der Waals surface area (Å²) in [6, 6.07) is 11.9. The maximum atomic E-state index is 12.3. The lowest BCUT2D eigenvalue weighted by atomic mass is 10.1. The quantitative estimate of drug-likeness (QED) is 0.435. The molecule has 148 valence electrons. The molecule has 11 nitrogen and oxygen atoms in total. The van der Waals surface area contributed by atoms with E-state index in [9.17, 15) is 25.0 Å². The molecule has 0 aliphatic carbocycles. The summed E-state index contributed by atoms with van der Waals surface area (Å²) in [4.78, 5) is 32.6. The first-order valence-corrected chi connectivity index (χ1v) is 8.99. The summed E-state index contributed by atoms with van der Waals surface area (Å²) in [6.45, 7) is 0.365. The molecular formula is C17H13N5O6S. The van der Waals surface area contributed by atoms with Crippen LogP contribution in [0, 0.1) is 20.2 Å². The zero-order chi connectivity index (χ0) is 20.8. The van der Waals surface area contributed by atoms with E-state index >= 15 is 0 Å². The van der Waals surface area contributed by atoms with Crippen LogP contribution in [0.4, 0.5) is 16.5 Å². The smallest absolute Gasteiger partial charge is 0.277 e. The van der Waals surface area contributed by atoms with Gasteiger partial charge in [0.05, 0.1) is 28.1 Å². The average Bonchev–Trinajstić information content (AvgIpc) is 3.15. The number of ether oxygens (including phenoxy) is 1. The van der Waals surface area contributed by atoms with Crippen molar-refractivity contribution in [3.8, 4) is 5.75 Å². The molecular weight excluding hydrogens is 402 g/mol. The summed E-state index contributed by atoms with van der Waals surface area (Å²) in [5, 5.41) is 32.9. The number of anilines is 1. The summed E-state index contributed by atoms with van der Waals surface area (Å²) < 4.78 is 5.56. The van der Waals surface area contributed by atoms with Gasteiger partial charge in [0.15, 0.2) is 0 Å².